The number of hydrogen-bond donors (Lipinski definition) is 0. The normalized spacial score (nSPS) is 32.6. The molecule has 1 aromatic carbocycles. The highest BCUT2D eigenvalue weighted by Crippen LogP contribution is 2.49. The first-order chi connectivity index (χ1) is 9.56. The average molecular weight is 273 g/mol. The summed E-state index contributed by atoms with van der Waals surface area (Å²) in [5, 5.41) is 0. The molecule has 0 radical (unpaired) electrons. The van der Waals surface area contributed by atoms with E-state index in [4.69, 9.17) is 4.74 Å². The molecular formula is C18H27NO. The first-order valence-corrected chi connectivity index (χ1v) is 7.90. The quantitative estimate of drug-likeness (QED) is 0.816. The smallest absolute Gasteiger partial charge is 0.119 e. The molecule has 20 heavy (non-hydrogen) atoms. The van der Waals surface area contributed by atoms with Crippen molar-refractivity contribution < 1.29 is 4.74 Å². The van der Waals surface area contributed by atoms with Crippen molar-refractivity contribution in [3.05, 3.63) is 29.3 Å². The van der Waals surface area contributed by atoms with E-state index in [2.05, 4.69) is 44.1 Å². The summed E-state index contributed by atoms with van der Waals surface area (Å²) in [7, 11) is 6.28. The Bertz CT molecular complexity index is 496. The maximum Gasteiger partial charge on any atom is 0.119 e. The summed E-state index contributed by atoms with van der Waals surface area (Å²) in [6.45, 7) is 2.48. The number of benzene rings is 1. The number of ether oxygens (including phenoxy) is 1. The van der Waals surface area contributed by atoms with E-state index >= 15 is 0 Å². The molecule has 0 spiro atoms. The molecule has 3 atom stereocenters. The molecule has 0 N–H and O–H groups in total. The van der Waals surface area contributed by atoms with Crippen molar-refractivity contribution >= 4 is 0 Å². The predicted octanol–water partition coefficient (Wildman–Crippen LogP) is 3.63. The fourth-order valence-electron chi connectivity index (χ4n) is 4.90. The predicted molar refractivity (Wildman–Crippen MR) is 83.5 cm³/mol. The minimum Gasteiger partial charge on any atom is -0.497 e. The number of likely N-dealkylation sites (N-methyl/N-ethyl adjacent to an activating group) is 1. The van der Waals surface area contributed by atoms with Crippen LogP contribution in [0.5, 0.6) is 5.75 Å². The van der Waals surface area contributed by atoms with Crippen molar-refractivity contribution in [3.63, 3.8) is 0 Å². The molecule has 0 aromatic heterocycles. The number of hydrogen-bond acceptors (Lipinski definition) is 2. The third kappa shape index (κ3) is 2.05. The molecular weight excluding hydrogens is 246 g/mol. The van der Waals surface area contributed by atoms with Gasteiger partial charge in [0, 0.05) is 11.5 Å². The fourth-order valence-corrected chi connectivity index (χ4v) is 4.90. The average Bonchev–Trinajstić information content (AvgIpc) is 2.55. The van der Waals surface area contributed by atoms with E-state index in [1.54, 1.807) is 12.7 Å². The van der Waals surface area contributed by atoms with E-state index in [0.29, 0.717) is 6.04 Å². The van der Waals surface area contributed by atoms with Crippen LogP contribution in [0, 0.1) is 5.92 Å². The van der Waals surface area contributed by atoms with Gasteiger partial charge in [-0.15, -0.1) is 0 Å². The summed E-state index contributed by atoms with van der Waals surface area (Å²) in [6, 6.07) is 7.39. The molecule has 0 saturated heterocycles. The fraction of sp³-hybridized carbons (Fsp3) is 0.667. The number of methoxy groups -OCH3 is 1. The van der Waals surface area contributed by atoms with Gasteiger partial charge in [-0.05, 0) is 62.5 Å². The zero-order valence-electron chi connectivity index (χ0n) is 13.3. The van der Waals surface area contributed by atoms with E-state index in [1.165, 1.54) is 37.7 Å². The lowest BCUT2D eigenvalue weighted by Gasteiger charge is -2.49. The van der Waals surface area contributed by atoms with Gasteiger partial charge in [0.05, 0.1) is 7.11 Å². The molecule has 2 bridgehead atoms. The van der Waals surface area contributed by atoms with Crippen molar-refractivity contribution in [2.45, 2.75) is 50.5 Å². The minimum atomic E-state index is 0.271. The van der Waals surface area contributed by atoms with Crippen molar-refractivity contribution in [1.29, 1.82) is 0 Å². The Hall–Kier alpha value is -1.02. The Balaban J connectivity index is 2.14. The van der Waals surface area contributed by atoms with E-state index in [9.17, 15) is 0 Å². The number of rotatable bonds is 2. The van der Waals surface area contributed by atoms with Gasteiger partial charge in [0.2, 0.25) is 0 Å². The van der Waals surface area contributed by atoms with Crippen LogP contribution in [0.15, 0.2) is 18.2 Å². The van der Waals surface area contributed by atoms with Crippen molar-refractivity contribution in [2.24, 2.45) is 5.92 Å². The third-order valence-electron chi connectivity index (χ3n) is 5.59. The molecule has 1 fully saturated rings. The molecule has 0 heterocycles. The highest BCUT2D eigenvalue weighted by Gasteiger charge is 2.47. The van der Waals surface area contributed by atoms with Crippen LogP contribution in [-0.4, -0.2) is 32.1 Å². The Morgan fingerprint density at radius 1 is 1.25 bits per heavy atom. The van der Waals surface area contributed by atoms with E-state index in [-0.39, 0.29) is 5.41 Å². The molecule has 2 aliphatic rings. The molecule has 0 aliphatic heterocycles. The molecule has 1 saturated carbocycles. The topological polar surface area (TPSA) is 12.5 Å². The van der Waals surface area contributed by atoms with Gasteiger partial charge in [0.1, 0.15) is 5.75 Å². The van der Waals surface area contributed by atoms with Crippen LogP contribution < -0.4 is 4.74 Å². The number of nitrogens with zero attached hydrogens (tertiary/aromatic N) is 1. The molecule has 110 valence electrons. The standard InChI is InChI=1S/C18H27NO/c1-18-10-6-5-7-14(17(18)19(2)3)11-13-8-9-15(20-4)12-16(13)18/h8-9,12,14,17H,5-7,10-11H2,1-4H3/t14?,17-,18-/m1/s1. The van der Waals surface area contributed by atoms with Crippen LogP contribution in [0.4, 0.5) is 0 Å². The Morgan fingerprint density at radius 2 is 2.05 bits per heavy atom. The van der Waals surface area contributed by atoms with E-state index < -0.39 is 0 Å². The second-order valence-corrected chi connectivity index (χ2v) is 7.06. The highest BCUT2D eigenvalue weighted by atomic mass is 16.5. The SMILES string of the molecule is COc1ccc2c(c1)[C@@]1(C)CCCCC(C2)[C@H]1N(C)C. The van der Waals surface area contributed by atoms with Gasteiger partial charge < -0.3 is 9.64 Å². The monoisotopic (exact) mass is 273 g/mol. The van der Waals surface area contributed by atoms with Gasteiger partial charge >= 0.3 is 0 Å². The molecule has 2 heteroatoms. The largest absolute Gasteiger partial charge is 0.497 e. The van der Waals surface area contributed by atoms with Gasteiger partial charge in [0.15, 0.2) is 0 Å². The molecule has 1 aromatic rings. The Kier molecular flexibility index (Phi) is 3.53. The molecule has 2 aliphatic carbocycles. The summed E-state index contributed by atoms with van der Waals surface area (Å²) >= 11 is 0. The Labute approximate surface area is 123 Å². The van der Waals surface area contributed by atoms with E-state index in [1.807, 2.05) is 0 Å². The summed E-state index contributed by atoms with van der Waals surface area (Å²) in [6.07, 6.45) is 6.65. The lowest BCUT2D eigenvalue weighted by molar-refractivity contribution is 0.109. The first-order valence-electron chi connectivity index (χ1n) is 7.90. The van der Waals surface area contributed by atoms with Gasteiger partial charge in [-0.1, -0.05) is 25.8 Å². The van der Waals surface area contributed by atoms with Gasteiger partial charge in [-0.25, -0.2) is 0 Å². The molecule has 0 amide bonds. The maximum atomic E-state index is 5.48. The lowest BCUT2D eigenvalue weighted by Crippen LogP contribution is -2.53. The van der Waals surface area contributed by atoms with Crippen molar-refractivity contribution in [3.8, 4) is 5.75 Å². The van der Waals surface area contributed by atoms with Crippen LogP contribution >= 0.6 is 0 Å². The van der Waals surface area contributed by atoms with Crippen LogP contribution in [0.1, 0.15) is 43.7 Å². The van der Waals surface area contributed by atoms with Crippen LogP contribution in [0.25, 0.3) is 0 Å². The van der Waals surface area contributed by atoms with Gasteiger partial charge in [0.25, 0.3) is 0 Å². The van der Waals surface area contributed by atoms with Crippen LogP contribution in [0.2, 0.25) is 0 Å². The van der Waals surface area contributed by atoms with Gasteiger partial charge in [-0.3, -0.25) is 0 Å². The Morgan fingerprint density at radius 3 is 2.75 bits per heavy atom. The molecule has 1 unspecified atom stereocenters. The molecule has 3 rings (SSSR count). The summed E-state index contributed by atoms with van der Waals surface area (Å²) in [5.41, 5.74) is 3.36. The van der Waals surface area contributed by atoms with Crippen LogP contribution in [-0.2, 0) is 11.8 Å². The van der Waals surface area contributed by atoms with Crippen molar-refractivity contribution in [2.75, 3.05) is 21.2 Å². The van der Waals surface area contributed by atoms with Crippen molar-refractivity contribution in [1.82, 2.24) is 4.90 Å². The minimum absolute atomic E-state index is 0.271. The zero-order valence-corrected chi connectivity index (χ0v) is 13.3. The third-order valence-corrected chi connectivity index (χ3v) is 5.59. The van der Waals surface area contributed by atoms with E-state index in [0.717, 1.165) is 11.7 Å². The first kappa shape index (κ1) is 13.9. The summed E-state index contributed by atoms with van der Waals surface area (Å²) in [4.78, 5) is 2.47. The maximum absolute atomic E-state index is 5.48. The van der Waals surface area contributed by atoms with Crippen LogP contribution in [0.3, 0.4) is 0 Å². The van der Waals surface area contributed by atoms with Gasteiger partial charge in [-0.2, -0.15) is 0 Å². The highest BCUT2D eigenvalue weighted by molar-refractivity contribution is 5.44. The zero-order chi connectivity index (χ0) is 14.3. The number of fused-ring (bicyclic) bond motifs is 4. The lowest BCUT2D eigenvalue weighted by atomic mass is 9.62. The second-order valence-electron chi connectivity index (χ2n) is 7.06. The molecule has 2 nitrogen and oxygen atoms in total. The summed E-state index contributed by atoms with van der Waals surface area (Å²) in [5.74, 6) is 1.81. The summed E-state index contributed by atoms with van der Waals surface area (Å²) < 4.78 is 5.48. The second kappa shape index (κ2) is 5.07.